The highest BCUT2D eigenvalue weighted by molar-refractivity contribution is 5.98. The van der Waals surface area contributed by atoms with Crippen molar-refractivity contribution in [3.8, 4) is 0 Å². The summed E-state index contributed by atoms with van der Waals surface area (Å²) < 4.78 is 0. The highest BCUT2D eigenvalue weighted by Gasteiger charge is 2.40. The van der Waals surface area contributed by atoms with Gasteiger partial charge in [-0.05, 0) is 37.1 Å². The molecule has 1 unspecified atom stereocenters. The number of hydrogen-bond donors (Lipinski definition) is 1. The second-order valence-corrected chi connectivity index (χ2v) is 5.49. The third kappa shape index (κ3) is 1.95. The minimum absolute atomic E-state index is 0.223. The maximum absolute atomic E-state index is 6.15. The first-order valence-corrected chi connectivity index (χ1v) is 6.83. The fourth-order valence-corrected chi connectivity index (χ4v) is 2.83. The molecule has 1 atom stereocenters. The van der Waals surface area contributed by atoms with Gasteiger partial charge in [-0.2, -0.15) is 0 Å². The Morgan fingerprint density at radius 2 is 1.85 bits per heavy atom. The van der Waals surface area contributed by atoms with Gasteiger partial charge < -0.3 is 10.6 Å². The molecule has 1 aliphatic rings. The highest BCUT2D eigenvalue weighted by atomic mass is 15.4. The summed E-state index contributed by atoms with van der Waals surface area (Å²) in [5.41, 5.74) is 9.47. The van der Waals surface area contributed by atoms with Crippen molar-refractivity contribution in [3.05, 3.63) is 65.7 Å². The van der Waals surface area contributed by atoms with Crippen LogP contribution in [0.1, 0.15) is 18.1 Å². The number of nitrogens with zero attached hydrogens (tertiary/aromatic N) is 2. The van der Waals surface area contributed by atoms with Crippen LogP contribution in [0, 0.1) is 6.92 Å². The number of hydrogen-bond acceptors (Lipinski definition) is 3. The Kier molecular flexibility index (Phi) is 2.97. The second kappa shape index (κ2) is 4.67. The van der Waals surface area contributed by atoms with Crippen molar-refractivity contribution in [2.75, 3.05) is 11.4 Å². The van der Waals surface area contributed by atoms with Crippen LogP contribution in [0.5, 0.6) is 0 Å². The first-order valence-electron chi connectivity index (χ1n) is 6.83. The van der Waals surface area contributed by atoms with Crippen molar-refractivity contribution in [1.29, 1.82) is 0 Å². The largest absolute Gasteiger partial charge is 0.369 e. The van der Waals surface area contributed by atoms with E-state index in [0.29, 0.717) is 12.5 Å². The molecule has 0 bridgehead atoms. The van der Waals surface area contributed by atoms with E-state index >= 15 is 0 Å². The standard InChI is InChI=1S/C17H19N3/c1-13-7-6-10-15(11-13)20-16(18)19-12-17(20,2)14-8-4-3-5-9-14/h3-11H,12H2,1-2H3,(H2,18,19). The molecule has 0 fully saturated rings. The molecule has 0 radical (unpaired) electrons. The van der Waals surface area contributed by atoms with E-state index in [9.17, 15) is 0 Å². The van der Waals surface area contributed by atoms with Gasteiger partial charge in [0.05, 0.1) is 12.1 Å². The number of aryl methyl sites for hydroxylation is 1. The molecule has 2 N–H and O–H groups in total. The lowest BCUT2D eigenvalue weighted by atomic mass is 9.90. The van der Waals surface area contributed by atoms with Crippen LogP contribution >= 0.6 is 0 Å². The topological polar surface area (TPSA) is 41.6 Å². The third-order valence-corrected chi connectivity index (χ3v) is 3.93. The molecule has 0 amide bonds. The van der Waals surface area contributed by atoms with Crippen LogP contribution in [-0.2, 0) is 5.54 Å². The second-order valence-electron chi connectivity index (χ2n) is 5.49. The van der Waals surface area contributed by atoms with Crippen LogP contribution in [0.4, 0.5) is 5.69 Å². The molecule has 1 aliphatic heterocycles. The molecule has 0 saturated carbocycles. The van der Waals surface area contributed by atoms with Gasteiger partial charge in [0.25, 0.3) is 0 Å². The average molecular weight is 265 g/mol. The van der Waals surface area contributed by atoms with Gasteiger partial charge in [-0.1, -0.05) is 42.5 Å². The minimum atomic E-state index is -0.223. The molecule has 0 saturated heterocycles. The van der Waals surface area contributed by atoms with Crippen molar-refractivity contribution in [2.45, 2.75) is 19.4 Å². The van der Waals surface area contributed by atoms with Gasteiger partial charge in [-0.25, -0.2) is 0 Å². The first-order chi connectivity index (χ1) is 9.61. The molecular weight excluding hydrogens is 246 g/mol. The van der Waals surface area contributed by atoms with E-state index < -0.39 is 0 Å². The molecule has 0 spiro atoms. The number of rotatable bonds is 2. The molecule has 102 valence electrons. The monoisotopic (exact) mass is 265 g/mol. The van der Waals surface area contributed by atoms with Gasteiger partial charge in [0.2, 0.25) is 0 Å². The fourth-order valence-electron chi connectivity index (χ4n) is 2.83. The van der Waals surface area contributed by atoms with Gasteiger partial charge in [-0.3, -0.25) is 4.99 Å². The van der Waals surface area contributed by atoms with Gasteiger partial charge in [-0.15, -0.1) is 0 Å². The third-order valence-electron chi connectivity index (χ3n) is 3.93. The van der Waals surface area contributed by atoms with E-state index in [-0.39, 0.29) is 5.54 Å². The minimum Gasteiger partial charge on any atom is -0.369 e. The Morgan fingerprint density at radius 3 is 2.55 bits per heavy atom. The summed E-state index contributed by atoms with van der Waals surface area (Å²) in [6.07, 6.45) is 0. The molecule has 2 aromatic carbocycles. The summed E-state index contributed by atoms with van der Waals surface area (Å²) >= 11 is 0. The van der Waals surface area contributed by atoms with Crippen LogP contribution in [0.25, 0.3) is 0 Å². The Hall–Kier alpha value is -2.29. The Morgan fingerprint density at radius 1 is 1.10 bits per heavy atom. The zero-order valence-corrected chi connectivity index (χ0v) is 11.9. The van der Waals surface area contributed by atoms with Gasteiger partial charge >= 0.3 is 0 Å². The molecule has 20 heavy (non-hydrogen) atoms. The Bertz CT molecular complexity index is 648. The van der Waals surface area contributed by atoms with E-state index in [2.05, 4.69) is 72.3 Å². The average Bonchev–Trinajstić information content (AvgIpc) is 2.77. The zero-order valence-electron chi connectivity index (χ0n) is 11.9. The molecular formula is C17H19N3. The fraction of sp³-hybridized carbons (Fsp3) is 0.235. The predicted octanol–water partition coefficient (Wildman–Crippen LogP) is 3.05. The lowest BCUT2D eigenvalue weighted by Gasteiger charge is -2.36. The number of anilines is 1. The van der Waals surface area contributed by atoms with Crippen molar-refractivity contribution >= 4 is 11.6 Å². The molecule has 0 aromatic heterocycles. The van der Waals surface area contributed by atoms with Crippen molar-refractivity contribution < 1.29 is 0 Å². The van der Waals surface area contributed by atoms with E-state index in [1.807, 2.05) is 6.07 Å². The number of benzene rings is 2. The van der Waals surface area contributed by atoms with Crippen molar-refractivity contribution in [2.24, 2.45) is 10.7 Å². The molecule has 0 aliphatic carbocycles. The van der Waals surface area contributed by atoms with E-state index in [0.717, 1.165) is 5.69 Å². The zero-order chi connectivity index (χ0) is 14.2. The lowest BCUT2D eigenvalue weighted by molar-refractivity contribution is 0.533. The van der Waals surface area contributed by atoms with Gasteiger partial charge in [0, 0.05) is 5.69 Å². The van der Waals surface area contributed by atoms with Gasteiger partial charge in [0.1, 0.15) is 0 Å². The normalized spacial score (nSPS) is 21.9. The van der Waals surface area contributed by atoms with Crippen LogP contribution < -0.4 is 10.6 Å². The summed E-state index contributed by atoms with van der Waals surface area (Å²) in [6, 6.07) is 18.8. The Labute approximate surface area is 119 Å². The summed E-state index contributed by atoms with van der Waals surface area (Å²) in [4.78, 5) is 6.61. The Balaban J connectivity index is 2.09. The van der Waals surface area contributed by atoms with Crippen LogP contribution in [0.2, 0.25) is 0 Å². The van der Waals surface area contributed by atoms with Crippen LogP contribution in [0.15, 0.2) is 59.6 Å². The predicted molar refractivity (Wildman–Crippen MR) is 83.9 cm³/mol. The van der Waals surface area contributed by atoms with Gasteiger partial charge in [0.15, 0.2) is 5.96 Å². The van der Waals surface area contributed by atoms with E-state index in [4.69, 9.17) is 5.73 Å². The summed E-state index contributed by atoms with van der Waals surface area (Å²) in [6.45, 7) is 4.96. The molecule has 1 heterocycles. The smallest absolute Gasteiger partial charge is 0.196 e. The molecule has 3 rings (SSSR count). The molecule has 3 heteroatoms. The summed E-state index contributed by atoms with van der Waals surface area (Å²) in [5, 5.41) is 0. The van der Waals surface area contributed by atoms with E-state index in [1.54, 1.807) is 0 Å². The summed E-state index contributed by atoms with van der Waals surface area (Å²) in [7, 11) is 0. The maximum Gasteiger partial charge on any atom is 0.196 e. The maximum atomic E-state index is 6.15. The van der Waals surface area contributed by atoms with Crippen LogP contribution in [0.3, 0.4) is 0 Å². The SMILES string of the molecule is Cc1cccc(N2C(N)=NCC2(C)c2ccccc2)c1. The van der Waals surface area contributed by atoms with Crippen molar-refractivity contribution in [1.82, 2.24) is 0 Å². The summed E-state index contributed by atoms with van der Waals surface area (Å²) in [5.74, 6) is 0.585. The first kappa shape index (κ1) is 12.7. The number of nitrogens with two attached hydrogens (primary N) is 1. The van der Waals surface area contributed by atoms with E-state index in [1.165, 1.54) is 11.1 Å². The lowest BCUT2D eigenvalue weighted by Crippen LogP contribution is -2.47. The molecule has 3 nitrogen and oxygen atoms in total. The number of guanidine groups is 1. The highest BCUT2D eigenvalue weighted by Crippen LogP contribution is 2.36. The molecule has 2 aromatic rings. The number of aliphatic imine (C=N–C) groups is 1. The van der Waals surface area contributed by atoms with Crippen LogP contribution in [-0.4, -0.2) is 12.5 Å². The van der Waals surface area contributed by atoms with Crippen molar-refractivity contribution in [3.63, 3.8) is 0 Å². The quantitative estimate of drug-likeness (QED) is 0.906.